The topological polar surface area (TPSA) is 86.1 Å². The number of benzene rings is 1. The van der Waals surface area contributed by atoms with Gasteiger partial charge in [0, 0.05) is 11.8 Å². The number of nitrogens with one attached hydrogen (secondary N) is 1. The summed E-state index contributed by atoms with van der Waals surface area (Å²) < 4.78 is 7.06. The number of hydrogen-bond acceptors (Lipinski definition) is 4. The predicted molar refractivity (Wildman–Crippen MR) is 82.3 cm³/mol. The maximum Gasteiger partial charge on any atom is 0.261 e. The van der Waals surface area contributed by atoms with Crippen LogP contribution in [0, 0.1) is 0 Å². The van der Waals surface area contributed by atoms with Gasteiger partial charge in [0.1, 0.15) is 5.82 Å². The minimum atomic E-state index is -0.284. The van der Waals surface area contributed by atoms with E-state index in [9.17, 15) is 4.79 Å². The van der Waals surface area contributed by atoms with Gasteiger partial charge in [-0.1, -0.05) is 0 Å². The Morgan fingerprint density at radius 1 is 1.24 bits per heavy atom. The molecule has 0 fully saturated rings. The van der Waals surface area contributed by atoms with E-state index < -0.39 is 0 Å². The molecule has 0 saturated heterocycles. The number of aromatic nitrogens is 2. The van der Waals surface area contributed by atoms with E-state index in [1.54, 1.807) is 35.1 Å². The van der Waals surface area contributed by atoms with Crippen LogP contribution in [0.25, 0.3) is 5.69 Å². The van der Waals surface area contributed by atoms with Gasteiger partial charge in [0.05, 0.1) is 23.7 Å². The molecule has 1 amide bonds. The quantitative estimate of drug-likeness (QED) is 0.713. The number of halogens is 1. The summed E-state index contributed by atoms with van der Waals surface area (Å²) in [5.41, 5.74) is 7.55. The van der Waals surface area contributed by atoms with Crippen molar-refractivity contribution in [2.24, 2.45) is 0 Å². The summed E-state index contributed by atoms with van der Waals surface area (Å²) in [5.74, 6) is 0.269. The van der Waals surface area contributed by atoms with Crippen LogP contribution >= 0.6 is 15.9 Å². The van der Waals surface area contributed by atoms with Gasteiger partial charge in [-0.2, -0.15) is 5.10 Å². The monoisotopic (exact) mass is 346 g/mol. The molecule has 1 aromatic carbocycles. The van der Waals surface area contributed by atoms with Crippen molar-refractivity contribution < 1.29 is 9.21 Å². The van der Waals surface area contributed by atoms with Gasteiger partial charge in [0.15, 0.2) is 4.67 Å². The van der Waals surface area contributed by atoms with E-state index in [-0.39, 0.29) is 5.91 Å². The predicted octanol–water partition coefficient (Wildman–Crippen LogP) is 3.06. The lowest BCUT2D eigenvalue weighted by molar-refractivity contribution is 0.102. The van der Waals surface area contributed by atoms with Crippen molar-refractivity contribution in [3.05, 3.63) is 59.1 Å². The molecular formula is C14H11BrN4O2. The highest BCUT2D eigenvalue weighted by Gasteiger charge is 2.15. The summed E-state index contributed by atoms with van der Waals surface area (Å²) in [6, 6.07) is 10.5. The summed E-state index contributed by atoms with van der Waals surface area (Å²) in [4.78, 5) is 12.2. The number of nitrogens with zero attached hydrogens (tertiary/aromatic N) is 2. The number of nitrogens with two attached hydrogens (primary N) is 1. The molecule has 106 valence electrons. The molecule has 0 spiro atoms. The first-order valence-electron chi connectivity index (χ1n) is 6.09. The molecule has 0 saturated carbocycles. The highest BCUT2D eigenvalue weighted by molar-refractivity contribution is 9.10. The minimum absolute atomic E-state index is 0.284. The Labute approximate surface area is 128 Å². The summed E-state index contributed by atoms with van der Waals surface area (Å²) in [5, 5.41) is 6.99. The van der Waals surface area contributed by atoms with Crippen LogP contribution in [0.5, 0.6) is 0 Å². The Kier molecular flexibility index (Phi) is 3.49. The SMILES string of the molecule is Nc1ccc(-n2nccc2NC(=O)c2ccoc2Br)cc1. The summed E-state index contributed by atoms with van der Waals surface area (Å²) in [6.07, 6.45) is 3.05. The number of rotatable bonds is 3. The molecule has 0 radical (unpaired) electrons. The molecule has 0 aliphatic rings. The van der Waals surface area contributed by atoms with Crippen molar-refractivity contribution in [3.63, 3.8) is 0 Å². The van der Waals surface area contributed by atoms with E-state index in [2.05, 4.69) is 26.3 Å². The highest BCUT2D eigenvalue weighted by atomic mass is 79.9. The van der Waals surface area contributed by atoms with Gasteiger partial charge in [-0.05, 0) is 46.3 Å². The molecule has 0 unspecified atom stereocenters. The summed E-state index contributed by atoms with van der Waals surface area (Å²) in [7, 11) is 0. The number of nitrogen functional groups attached to an aromatic ring is 1. The molecule has 0 atom stereocenters. The second-order valence-corrected chi connectivity index (χ2v) is 5.00. The molecule has 6 nitrogen and oxygen atoms in total. The van der Waals surface area contributed by atoms with Gasteiger partial charge >= 0.3 is 0 Å². The largest absolute Gasteiger partial charge is 0.457 e. The first-order chi connectivity index (χ1) is 10.1. The van der Waals surface area contributed by atoms with E-state index in [0.29, 0.717) is 21.7 Å². The zero-order valence-electron chi connectivity index (χ0n) is 10.8. The van der Waals surface area contributed by atoms with E-state index in [1.165, 1.54) is 6.26 Å². The van der Waals surface area contributed by atoms with Crippen LogP contribution in [0.15, 0.2) is 57.9 Å². The number of amides is 1. The average molecular weight is 347 g/mol. The Bertz CT molecular complexity index is 776. The second kappa shape index (κ2) is 5.45. The third-order valence-corrected chi connectivity index (χ3v) is 3.50. The van der Waals surface area contributed by atoms with Gasteiger partial charge in [0.2, 0.25) is 0 Å². The molecule has 7 heteroatoms. The van der Waals surface area contributed by atoms with Crippen molar-refractivity contribution in [3.8, 4) is 5.69 Å². The van der Waals surface area contributed by atoms with E-state index >= 15 is 0 Å². The molecular weight excluding hydrogens is 336 g/mol. The van der Waals surface area contributed by atoms with E-state index in [4.69, 9.17) is 10.2 Å². The van der Waals surface area contributed by atoms with Gasteiger partial charge in [-0.15, -0.1) is 0 Å². The van der Waals surface area contributed by atoms with Crippen LogP contribution in [-0.2, 0) is 0 Å². The Morgan fingerprint density at radius 3 is 2.67 bits per heavy atom. The van der Waals surface area contributed by atoms with Crippen molar-refractivity contribution in [2.45, 2.75) is 0 Å². The lowest BCUT2D eigenvalue weighted by Crippen LogP contribution is -2.14. The van der Waals surface area contributed by atoms with Crippen LogP contribution in [0.2, 0.25) is 0 Å². The normalized spacial score (nSPS) is 10.5. The van der Waals surface area contributed by atoms with Crippen molar-refractivity contribution in [2.75, 3.05) is 11.1 Å². The molecule has 3 rings (SSSR count). The average Bonchev–Trinajstić information content (AvgIpc) is 3.09. The summed E-state index contributed by atoms with van der Waals surface area (Å²) >= 11 is 3.18. The van der Waals surface area contributed by atoms with Crippen molar-refractivity contribution >= 4 is 33.3 Å². The number of carbonyl (C=O) groups excluding carboxylic acids is 1. The third-order valence-electron chi connectivity index (χ3n) is 2.88. The number of furan rings is 1. The molecule has 0 bridgehead atoms. The molecule has 0 aliphatic heterocycles. The maximum absolute atomic E-state index is 12.2. The highest BCUT2D eigenvalue weighted by Crippen LogP contribution is 2.21. The zero-order valence-corrected chi connectivity index (χ0v) is 12.4. The number of hydrogen-bond donors (Lipinski definition) is 2. The van der Waals surface area contributed by atoms with Gasteiger partial charge in [-0.25, -0.2) is 4.68 Å². The lowest BCUT2D eigenvalue weighted by atomic mass is 10.3. The van der Waals surface area contributed by atoms with Crippen LogP contribution < -0.4 is 11.1 Å². The number of carbonyl (C=O) groups is 1. The van der Waals surface area contributed by atoms with Crippen LogP contribution in [0.1, 0.15) is 10.4 Å². The van der Waals surface area contributed by atoms with Gasteiger partial charge in [-0.3, -0.25) is 4.79 Å². The Hall–Kier alpha value is -2.54. The lowest BCUT2D eigenvalue weighted by Gasteiger charge is -2.08. The Morgan fingerprint density at radius 2 is 2.00 bits per heavy atom. The second-order valence-electron chi connectivity index (χ2n) is 4.28. The standard InChI is InChI=1S/C14H11BrN4O2/c15-13-11(6-8-21-13)14(20)18-12-5-7-17-19(12)10-3-1-9(16)2-4-10/h1-8H,16H2,(H,18,20). The molecule has 3 aromatic rings. The van der Waals surface area contributed by atoms with E-state index in [0.717, 1.165) is 5.69 Å². The van der Waals surface area contributed by atoms with Crippen molar-refractivity contribution in [1.82, 2.24) is 9.78 Å². The van der Waals surface area contributed by atoms with E-state index in [1.807, 2.05) is 12.1 Å². The summed E-state index contributed by atoms with van der Waals surface area (Å²) in [6.45, 7) is 0. The molecule has 2 heterocycles. The fourth-order valence-corrected chi connectivity index (χ4v) is 2.28. The maximum atomic E-state index is 12.2. The zero-order chi connectivity index (χ0) is 14.8. The van der Waals surface area contributed by atoms with Crippen LogP contribution in [-0.4, -0.2) is 15.7 Å². The van der Waals surface area contributed by atoms with Crippen LogP contribution in [0.3, 0.4) is 0 Å². The fraction of sp³-hybridized carbons (Fsp3) is 0. The first kappa shape index (κ1) is 13.4. The molecule has 3 N–H and O–H groups in total. The number of anilines is 2. The Balaban J connectivity index is 1.88. The third kappa shape index (κ3) is 2.68. The minimum Gasteiger partial charge on any atom is -0.457 e. The van der Waals surface area contributed by atoms with Gasteiger partial charge < -0.3 is 15.5 Å². The fourth-order valence-electron chi connectivity index (χ4n) is 1.86. The molecule has 0 aliphatic carbocycles. The van der Waals surface area contributed by atoms with Gasteiger partial charge in [0.25, 0.3) is 5.91 Å². The van der Waals surface area contributed by atoms with Crippen LogP contribution in [0.4, 0.5) is 11.5 Å². The molecule has 21 heavy (non-hydrogen) atoms. The van der Waals surface area contributed by atoms with Crippen molar-refractivity contribution in [1.29, 1.82) is 0 Å². The smallest absolute Gasteiger partial charge is 0.261 e. The molecule has 2 aromatic heterocycles. The first-order valence-corrected chi connectivity index (χ1v) is 6.89.